The first-order valence-corrected chi connectivity index (χ1v) is 12.5. The van der Waals surface area contributed by atoms with Crippen LogP contribution < -0.4 is 4.90 Å². The van der Waals surface area contributed by atoms with Gasteiger partial charge in [0.25, 0.3) is 0 Å². The van der Waals surface area contributed by atoms with Crippen molar-refractivity contribution < 1.29 is 32.3 Å². The van der Waals surface area contributed by atoms with Gasteiger partial charge in [-0.25, -0.2) is 9.59 Å². The number of allylic oxidation sites excluding steroid dienone is 1. The number of rotatable bonds is 7. The summed E-state index contributed by atoms with van der Waals surface area (Å²) >= 11 is 3.29. The van der Waals surface area contributed by atoms with Crippen molar-refractivity contribution in [2.24, 2.45) is 0 Å². The van der Waals surface area contributed by atoms with E-state index < -0.39 is 42.2 Å². The number of nitriles is 1. The maximum absolute atomic E-state index is 14.0. The summed E-state index contributed by atoms with van der Waals surface area (Å²) in [6.45, 7) is 1.10. The Hall–Kier alpha value is -3.85. The van der Waals surface area contributed by atoms with Crippen LogP contribution in [-0.2, 0) is 20.5 Å². The number of amides is 3. The van der Waals surface area contributed by atoms with Gasteiger partial charge in [0, 0.05) is 19.4 Å². The van der Waals surface area contributed by atoms with E-state index in [0.717, 1.165) is 28.0 Å². The predicted molar refractivity (Wildman–Crippen MR) is 136 cm³/mol. The van der Waals surface area contributed by atoms with Gasteiger partial charge in [0.2, 0.25) is 5.91 Å². The third kappa shape index (κ3) is 5.83. The molecule has 200 valence electrons. The van der Waals surface area contributed by atoms with Gasteiger partial charge in [-0.05, 0) is 42.8 Å². The van der Waals surface area contributed by atoms with Gasteiger partial charge in [-0.3, -0.25) is 9.69 Å². The molecule has 0 saturated heterocycles. The summed E-state index contributed by atoms with van der Waals surface area (Å²) in [5.74, 6) is -1.28. The largest absolute Gasteiger partial charge is 0.463 e. The number of nitrogens with zero attached hydrogens (tertiary/aromatic N) is 4. The summed E-state index contributed by atoms with van der Waals surface area (Å²) < 4.78 is 45.8. The molecular formula is C26H24BrF3N4O4. The summed E-state index contributed by atoms with van der Waals surface area (Å²) in [4.78, 5) is 43.5. The van der Waals surface area contributed by atoms with Crippen LogP contribution >= 0.6 is 15.9 Å². The Morgan fingerprint density at radius 1 is 1.16 bits per heavy atom. The van der Waals surface area contributed by atoms with E-state index in [2.05, 4.69) is 15.9 Å². The summed E-state index contributed by atoms with van der Waals surface area (Å²) in [5.41, 5.74) is -0.345. The highest BCUT2D eigenvalue weighted by atomic mass is 79.9. The number of carbonyl (C=O) groups excluding carboxylic acids is 3. The van der Waals surface area contributed by atoms with E-state index >= 15 is 0 Å². The number of urea groups is 1. The summed E-state index contributed by atoms with van der Waals surface area (Å²) in [7, 11) is 2.98. The van der Waals surface area contributed by atoms with Crippen LogP contribution in [0.2, 0.25) is 0 Å². The van der Waals surface area contributed by atoms with Gasteiger partial charge in [0.05, 0.1) is 46.8 Å². The highest BCUT2D eigenvalue weighted by Gasteiger charge is 2.45. The zero-order valence-electron chi connectivity index (χ0n) is 20.8. The zero-order valence-corrected chi connectivity index (χ0v) is 22.3. The number of ether oxygens (including phenoxy) is 1. The molecule has 2 aromatic carbocycles. The second-order valence-electron chi connectivity index (χ2n) is 8.43. The lowest BCUT2D eigenvalue weighted by atomic mass is 9.92. The Bertz CT molecular complexity index is 1300. The Morgan fingerprint density at radius 2 is 1.82 bits per heavy atom. The molecule has 3 rings (SSSR count). The first kappa shape index (κ1) is 28.7. The molecule has 0 bridgehead atoms. The number of halogens is 4. The molecule has 0 unspecified atom stereocenters. The molecule has 0 N–H and O–H groups in total. The van der Waals surface area contributed by atoms with Crippen LogP contribution in [0.15, 0.2) is 59.8 Å². The Labute approximate surface area is 226 Å². The maximum Gasteiger partial charge on any atom is 0.416 e. The lowest BCUT2D eigenvalue weighted by Gasteiger charge is -2.43. The van der Waals surface area contributed by atoms with Crippen LogP contribution in [-0.4, -0.2) is 60.3 Å². The van der Waals surface area contributed by atoms with Gasteiger partial charge in [0.1, 0.15) is 6.54 Å². The lowest BCUT2D eigenvalue weighted by Crippen LogP contribution is -2.54. The van der Waals surface area contributed by atoms with Crippen molar-refractivity contribution in [2.75, 3.05) is 37.5 Å². The number of anilines is 1. The van der Waals surface area contributed by atoms with Crippen molar-refractivity contribution in [3.05, 3.63) is 76.5 Å². The standard InChI is InChI=1S/C26H24BrF3N4O4/c1-4-38-24(36)22-20(13-27)34(19-7-5-6-18(12-19)26(28,29)30)25(37)33(15-21(35)32(2)3)23(22)17-10-8-16(14-31)9-11-17/h5-12,23H,4,13,15H2,1-3H3/t23-/m1/s1. The van der Waals surface area contributed by atoms with Crippen molar-refractivity contribution in [1.29, 1.82) is 5.26 Å². The van der Waals surface area contributed by atoms with Gasteiger partial charge in [0.15, 0.2) is 0 Å². The molecule has 1 aliphatic rings. The SMILES string of the molecule is CCOC(=O)C1=C(CBr)N(c2cccc(C(F)(F)F)c2)C(=O)N(CC(=O)N(C)C)[C@@H]1c1ccc(C#N)cc1. The molecule has 0 aliphatic carbocycles. The van der Waals surface area contributed by atoms with Gasteiger partial charge in [-0.1, -0.05) is 34.1 Å². The van der Waals surface area contributed by atoms with E-state index in [0.29, 0.717) is 11.1 Å². The molecule has 0 fully saturated rings. The van der Waals surface area contributed by atoms with E-state index in [9.17, 15) is 32.8 Å². The van der Waals surface area contributed by atoms with E-state index in [1.165, 1.54) is 37.2 Å². The molecule has 0 spiro atoms. The minimum atomic E-state index is -4.68. The highest BCUT2D eigenvalue weighted by Crippen LogP contribution is 2.42. The van der Waals surface area contributed by atoms with Crippen molar-refractivity contribution in [3.63, 3.8) is 0 Å². The molecule has 3 amide bonds. The van der Waals surface area contributed by atoms with Gasteiger partial charge in [-0.15, -0.1) is 0 Å². The molecule has 0 saturated carbocycles. The average Bonchev–Trinajstić information content (AvgIpc) is 2.88. The summed E-state index contributed by atoms with van der Waals surface area (Å²) in [6, 6.07) is 10.3. The molecular weight excluding hydrogens is 569 g/mol. The van der Waals surface area contributed by atoms with Crippen LogP contribution in [0.3, 0.4) is 0 Å². The molecule has 1 heterocycles. The quantitative estimate of drug-likeness (QED) is 0.338. The van der Waals surface area contributed by atoms with Crippen LogP contribution in [0.4, 0.5) is 23.7 Å². The topological polar surface area (TPSA) is 93.9 Å². The van der Waals surface area contributed by atoms with Crippen LogP contribution in [0, 0.1) is 11.3 Å². The number of hydrogen-bond acceptors (Lipinski definition) is 5. The molecule has 8 nitrogen and oxygen atoms in total. The van der Waals surface area contributed by atoms with Gasteiger partial charge < -0.3 is 14.5 Å². The molecule has 0 aromatic heterocycles. The molecule has 38 heavy (non-hydrogen) atoms. The van der Waals surface area contributed by atoms with E-state index in [-0.39, 0.29) is 28.9 Å². The fourth-order valence-corrected chi connectivity index (χ4v) is 4.53. The summed E-state index contributed by atoms with van der Waals surface area (Å²) in [6.07, 6.45) is -4.68. The highest BCUT2D eigenvalue weighted by molar-refractivity contribution is 9.09. The molecule has 0 radical (unpaired) electrons. The fraction of sp³-hybridized carbons (Fsp3) is 0.308. The second kappa shape index (κ2) is 11.7. The van der Waals surface area contributed by atoms with E-state index in [1.54, 1.807) is 19.1 Å². The number of hydrogen-bond donors (Lipinski definition) is 0. The molecule has 12 heteroatoms. The normalized spacial score (nSPS) is 15.8. The second-order valence-corrected chi connectivity index (χ2v) is 8.99. The molecule has 2 aromatic rings. The monoisotopic (exact) mass is 592 g/mol. The fourth-order valence-electron chi connectivity index (χ4n) is 3.98. The third-order valence-corrected chi connectivity index (χ3v) is 6.35. The van der Waals surface area contributed by atoms with Crippen molar-refractivity contribution in [3.8, 4) is 6.07 Å². The Balaban J connectivity index is 2.34. The van der Waals surface area contributed by atoms with Gasteiger partial charge in [-0.2, -0.15) is 18.4 Å². The number of likely N-dealkylation sites (N-methyl/N-ethyl adjacent to an activating group) is 1. The predicted octanol–water partition coefficient (Wildman–Crippen LogP) is 4.86. The van der Waals surface area contributed by atoms with E-state index in [4.69, 9.17) is 4.74 Å². The van der Waals surface area contributed by atoms with Crippen LogP contribution in [0.1, 0.15) is 29.7 Å². The van der Waals surface area contributed by atoms with Crippen molar-refractivity contribution >= 4 is 39.5 Å². The first-order valence-electron chi connectivity index (χ1n) is 11.4. The van der Waals surface area contributed by atoms with Crippen LogP contribution in [0.25, 0.3) is 0 Å². The number of esters is 1. The lowest BCUT2D eigenvalue weighted by molar-refractivity contribution is -0.140. The Kier molecular flexibility index (Phi) is 8.83. The van der Waals surface area contributed by atoms with Crippen molar-refractivity contribution in [2.45, 2.75) is 19.1 Å². The number of carbonyl (C=O) groups is 3. The van der Waals surface area contributed by atoms with Crippen LogP contribution in [0.5, 0.6) is 0 Å². The number of alkyl halides is 4. The Morgan fingerprint density at radius 3 is 2.34 bits per heavy atom. The molecule has 1 atom stereocenters. The van der Waals surface area contributed by atoms with Gasteiger partial charge >= 0.3 is 18.2 Å². The first-order chi connectivity index (χ1) is 17.9. The third-order valence-electron chi connectivity index (χ3n) is 5.82. The minimum Gasteiger partial charge on any atom is -0.463 e. The smallest absolute Gasteiger partial charge is 0.416 e. The minimum absolute atomic E-state index is 0.00781. The maximum atomic E-state index is 14.0. The summed E-state index contributed by atoms with van der Waals surface area (Å²) in [5, 5.41) is 9.11. The van der Waals surface area contributed by atoms with Crippen molar-refractivity contribution in [1.82, 2.24) is 9.80 Å². The average molecular weight is 593 g/mol. The van der Waals surface area contributed by atoms with E-state index in [1.807, 2.05) is 6.07 Å². The number of benzene rings is 2. The zero-order chi connectivity index (χ0) is 28.2. The molecule has 1 aliphatic heterocycles.